The second-order valence-corrected chi connectivity index (χ2v) is 30.2. The lowest BCUT2D eigenvalue weighted by Gasteiger charge is -2.21. The van der Waals surface area contributed by atoms with Crippen molar-refractivity contribution >= 4 is 39.5 Å². The van der Waals surface area contributed by atoms with Crippen molar-refractivity contribution in [3.63, 3.8) is 0 Å². The summed E-state index contributed by atoms with van der Waals surface area (Å²) in [5.41, 5.74) is 0. The third kappa shape index (κ3) is 64.1. The first kappa shape index (κ1) is 90.1. The van der Waals surface area contributed by atoms with Crippen LogP contribution in [0.1, 0.15) is 370 Å². The number of unbranched alkanes of at least 4 members (excludes halogenated alkanes) is 37. The predicted molar refractivity (Wildman–Crippen MR) is 372 cm³/mol. The Bertz CT molecular complexity index is 1810. The quantitative estimate of drug-likeness (QED) is 0.0222. The molecule has 0 saturated heterocycles. The highest BCUT2D eigenvalue weighted by Gasteiger charge is 2.30. The topological polar surface area (TPSA) is 237 Å². The Balaban J connectivity index is 5.22. The molecule has 17 nitrogen and oxygen atoms in total. The van der Waals surface area contributed by atoms with Gasteiger partial charge in [-0.2, -0.15) is 0 Å². The monoisotopic (exact) mass is 1350 g/mol. The predicted octanol–water partition coefficient (Wildman–Crippen LogP) is 21.0. The molecule has 7 atom stereocenters. The lowest BCUT2D eigenvalue weighted by molar-refractivity contribution is -0.161. The van der Waals surface area contributed by atoms with Gasteiger partial charge in [-0.25, -0.2) is 9.13 Å². The molecule has 0 aromatic heterocycles. The van der Waals surface area contributed by atoms with E-state index < -0.39 is 97.5 Å². The van der Waals surface area contributed by atoms with Gasteiger partial charge in [0.05, 0.1) is 26.4 Å². The van der Waals surface area contributed by atoms with Gasteiger partial charge in [-0.3, -0.25) is 37.3 Å². The number of esters is 4. The molecule has 0 radical (unpaired) electrons. The Kier molecular flexibility index (Phi) is 62.4. The number of carbonyl (C=O) groups excluding carboxylic acids is 4. The molecule has 0 spiro atoms. The van der Waals surface area contributed by atoms with E-state index in [1.54, 1.807) is 0 Å². The van der Waals surface area contributed by atoms with E-state index in [-0.39, 0.29) is 25.7 Å². The Hall–Kier alpha value is -1.94. The number of ether oxygens (including phenoxy) is 4. The molecule has 0 aliphatic rings. The first-order valence-electron chi connectivity index (χ1n) is 37.9. The Morgan fingerprint density at radius 2 is 0.554 bits per heavy atom. The van der Waals surface area contributed by atoms with Crippen LogP contribution in [-0.2, 0) is 65.4 Å². The van der Waals surface area contributed by atoms with Gasteiger partial charge in [0.25, 0.3) is 0 Å². The highest BCUT2D eigenvalue weighted by Crippen LogP contribution is 2.45. The van der Waals surface area contributed by atoms with Gasteiger partial charge in [-0.1, -0.05) is 318 Å². The van der Waals surface area contributed by atoms with Crippen molar-refractivity contribution in [3.8, 4) is 0 Å². The zero-order chi connectivity index (χ0) is 68.0. The van der Waals surface area contributed by atoms with Crippen molar-refractivity contribution in [1.82, 2.24) is 0 Å². The molecule has 0 amide bonds. The number of aliphatic hydroxyl groups excluding tert-OH is 1. The molecular weight excluding hydrogens is 1210 g/mol. The maximum absolute atomic E-state index is 13.1. The van der Waals surface area contributed by atoms with E-state index in [1.807, 2.05) is 0 Å². The normalized spacial score (nSPS) is 14.7. The van der Waals surface area contributed by atoms with Crippen LogP contribution in [-0.4, -0.2) is 96.7 Å². The average molecular weight is 1350 g/mol. The molecule has 92 heavy (non-hydrogen) atoms. The fourth-order valence-corrected chi connectivity index (χ4v) is 12.6. The van der Waals surface area contributed by atoms with Crippen LogP contribution in [0.15, 0.2) is 0 Å². The number of phosphoric acid groups is 2. The number of phosphoric ester groups is 2. The molecule has 0 bridgehead atoms. The minimum absolute atomic E-state index is 0.106. The van der Waals surface area contributed by atoms with Crippen LogP contribution >= 0.6 is 15.6 Å². The Morgan fingerprint density at radius 1 is 0.315 bits per heavy atom. The van der Waals surface area contributed by atoms with Crippen molar-refractivity contribution in [2.75, 3.05) is 39.6 Å². The summed E-state index contributed by atoms with van der Waals surface area (Å²) in [6.07, 6.45) is 48.5. The van der Waals surface area contributed by atoms with Crippen LogP contribution in [0.3, 0.4) is 0 Å². The summed E-state index contributed by atoms with van der Waals surface area (Å²) in [4.78, 5) is 72.6. The molecule has 0 aliphatic heterocycles. The number of rotatable bonds is 71. The molecule has 0 aromatic carbocycles. The maximum Gasteiger partial charge on any atom is 0.472 e. The van der Waals surface area contributed by atoms with E-state index >= 15 is 0 Å². The zero-order valence-corrected chi connectivity index (χ0v) is 61.8. The van der Waals surface area contributed by atoms with Crippen LogP contribution in [0.4, 0.5) is 0 Å². The van der Waals surface area contributed by atoms with E-state index in [0.29, 0.717) is 25.7 Å². The lowest BCUT2D eigenvalue weighted by Crippen LogP contribution is -2.30. The van der Waals surface area contributed by atoms with E-state index in [2.05, 4.69) is 48.5 Å². The van der Waals surface area contributed by atoms with Crippen molar-refractivity contribution in [1.29, 1.82) is 0 Å². The standard InChI is InChI=1S/C73H142O17P2/c1-8-11-12-13-30-40-47-54-70(75)83-60-68(89-73(78)57-50-43-36-29-23-21-26-33-39-46-53-66(7)10-3)62-87-91(79,80)85-58-67(74)59-86-92(81,82)88-63-69(61-84-71(76)55-48-41-34-27-22-20-25-32-38-45-52-65(6)9-2)90-72(77)56-49-42-35-28-19-17-15-14-16-18-24-31-37-44-51-64(4)5/h64-69,74H,8-63H2,1-7H3,(H,79,80)(H,81,82)/t65?,66?,67-,68+,69+/m0/s1. The van der Waals surface area contributed by atoms with Crippen molar-refractivity contribution in [2.24, 2.45) is 17.8 Å². The third-order valence-electron chi connectivity index (χ3n) is 17.6. The number of carbonyl (C=O) groups is 4. The molecule has 4 unspecified atom stereocenters. The summed E-state index contributed by atoms with van der Waals surface area (Å²) in [7, 11) is -9.90. The number of hydrogen-bond donors (Lipinski definition) is 3. The van der Waals surface area contributed by atoms with Gasteiger partial charge >= 0.3 is 39.5 Å². The minimum atomic E-state index is -4.95. The van der Waals surface area contributed by atoms with Gasteiger partial charge < -0.3 is 33.8 Å². The average Bonchev–Trinajstić information content (AvgIpc) is 2.51. The number of hydrogen-bond acceptors (Lipinski definition) is 15. The van der Waals surface area contributed by atoms with E-state index in [9.17, 15) is 43.2 Å². The Labute approximate surface area is 562 Å². The molecule has 0 aromatic rings. The fraction of sp³-hybridized carbons (Fsp3) is 0.945. The summed E-state index contributed by atoms with van der Waals surface area (Å²) >= 11 is 0. The highest BCUT2D eigenvalue weighted by molar-refractivity contribution is 7.47. The molecular formula is C73H142O17P2. The molecule has 3 N–H and O–H groups in total. The summed E-state index contributed by atoms with van der Waals surface area (Å²) < 4.78 is 68.3. The van der Waals surface area contributed by atoms with Crippen LogP contribution in [0, 0.1) is 17.8 Å². The van der Waals surface area contributed by atoms with Crippen molar-refractivity contribution in [2.45, 2.75) is 388 Å². The van der Waals surface area contributed by atoms with Gasteiger partial charge in [0, 0.05) is 25.7 Å². The fourth-order valence-electron chi connectivity index (χ4n) is 11.0. The third-order valence-corrected chi connectivity index (χ3v) is 19.5. The second-order valence-electron chi connectivity index (χ2n) is 27.3. The number of aliphatic hydroxyl groups is 1. The molecule has 0 saturated carbocycles. The van der Waals surface area contributed by atoms with Crippen molar-refractivity contribution < 1.29 is 80.2 Å². The van der Waals surface area contributed by atoms with Gasteiger partial charge in [0.2, 0.25) is 0 Å². The smallest absolute Gasteiger partial charge is 0.462 e. The lowest BCUT2D eigenvalue weighted by atomic mass is 9.99. The largest absolute Gasteiger partial charge is 0.472 e. The van der Waals surface area contributed by atoms with Crippen LogP contribution in [0.25, 0.3) is 0 Å². The van der Waals surface area contributed by atoms with E-state index in [4.69, 9.17) is 37.0 Å². The molecule has 546 valence electrons. The maximum atomic E-state index is 13.1. The van der Waals surface area contributed by atoms with E-state index in [1.165, 1.54) is 167 Å². The summed E-state index contributed by atoms with van der Waals surface area (Å²) in [5, 5.41) is 10.6. The van der Waals surface area contributed by atoms with Gasteiger partial charge in [-0.15, -0.1) is 0 Å². The van der Waals surface area contributed by atoms with Gasteiger partial charge in [0.15, 0.2) is 12.2 Å². The summed E-state index contributed by atoms with van der Waals surface area (Å²) in [6, 6.07) is 0. The van der Waals surface area contributed by atoms with Gasteiger partial charge in [-0.05, 0) is 43.4 Å². The second kappa shape index (κ2) is 63.8. The summed E-state index contributed by atoms with van der Waals surface area (Å²) in [6.45, 7) is 11.9. The van der Waals surface area contributed by atoms with Crippen LogP contribution in [0.5, 0.6) is 0 Å². The zero-order valence-electron chi connectivity index (χ0n) is 60.0. The Morgan fingerprint density at radius 3 is 0.826 bits per heavy atom. The van der Waals surface area contributed by atoms with Gasteiger partial charge in [0.1, 0.15) is 19.3 Å². The molecule has 0 aliphatic carbocycles. The summed E-state index contributed by atoms with van der Waals surface area (Å²) in [5.74, 6) is 0.282. The van der Waals surface area contributed by atoms with Crippen LogP contribution < -0.4 is 0 Å². The molecule has 0 fully saturated rings. The molecule has 0 heterocycles. The van der Waals surface area contributed by atoms with Crippen LogP contribution in [0.2, 0.25) is 0 Å². The van der Waals surface area contributed by atoms with Crippen molar-refractivity contribution in [3.05, 3.63) is 0 Å². The SMILES string of the molecule is CCCCCCCCCC(=O)OC[C@H](COP(=O)(O)OC[C@H](O)COP(=O)(O)OC[C@@H](COC(=O)CCCCCCCCCCCCC(C)CC)OC(=O)CCCCCCCCCCCCCCCCC(C)C)OC(=O)CCCCCCCCCCCCC(C)CC. The highest BCUT2D eigenvalue weighted by atomic mass is 31.2. The van der Waals surface area contributed by atoms with E-state index in [0.717, 1.165) is 120 Å². The molecule has 19 heteroatoms. The minimum Gasteiger partial charge on any atom is -0.462 e. The first-order valence-corrected chi connectivity index (χ1v) is 40.9. The first-order chi connectivity index (χ1) is 44.3. The molecule has 0 rings (SSSR count).